The van der Waals surface area contributed by atoms with Gasteiger partial charge in [-0.3, -0.25) is 0 Å². The van der Waals surface area contributed by atoms with Crippen LogP contribution in [0.15, 0.2) is 388 Å². The molecular formula is C107H64N8. The number of para-hydroxylation sites is 2. The smallest absolute Gasteiger partial charge is 0.0992 e. The van der Waals surface area contributed by atoms with Crippen molar-refractivity contribution in [2.75, 3.05) is 0 Å². The van der Waals surface area contributed by atoms with E-state index in [4.69, 9.17) is 19.9 Å². The van der Waals surface area contributed by atoms with Crippen LogP contribution in [-0.4, -0.2) is 24.5 Å². The highest BCUT2D eigenvalue weighted by molar-refractivity contribution is 6.11. The molecule has 0 saturated heterocycles. The van der Waals surface area contributed by atoms with E-state index in [2.05, 4.69) is 326 Å². The van der Waals surface area contributed by atoms with Crippen LogP contribution in [0, 0.1) is 34.0 Å². The average Bonchev–Trinajstić information content (AvgIpc) is 1.62. The molecule has 0 fully saturated rings. The molecule has 0 radical (unpaired) electrons. The standard InChI is InChI=1S/C59H36N4.C48H28N4/c60-37-38-34-45(39-24-28-47(29-25-39)63-56-16-8-6-14-52(56)53-15-7-9-17-57(53)63)36-46(35-38)49-31-30-48(50-12-4-5-13-51(49)50)40-18-20-42(21-19-40)55-33-27-44-23-22-43-26-32-54(41-10-2-1-3-11-41)61-58(43)59(44)62-55;49-29-31-7-6-10-38(25-31)39-26-32(30-50)27-40(28-39)42-22-21-41(43-11-4-5-12-44(42)43)33-13-15-35(16-14-33)46-24-20-37-18-17-36-19-23-45(34-8-2-1-3-9-34)51-47(36)48(37)52-46/h1-36H;1-28H. The van der Waals surface area contributed by atoms with E-state index < -0.39 is 0 Å². The van der Waals surface area contributed by atoms with Gasteiger partial charge in [0, 0.05) is 60.3 Å². The van der Waals surface area contributed by atoms with Crippen LogP contribution in [0.3, 0.4) is 0 Å². The molecule has 0 N–H and O–H groups in total. The molecule has 532 valence electrons. The SMILES string of the molecule is N#Cc1cc(-c2ccc(-n3c4ccccc4c4ccccc43)cc2)cc(-c2ccc(-c3ccc(-c4ccc5ccc6ccc(-c7ccccc7)nc6c5n4)cc3)c3ccccc23)c1.N#Cc1cccc(-c2cc(C#N)cc(-c3ccc(-c4ccc(-c5ccc6ccc7ccc(-c8ccccc8)nc7c6n5)cc4)c4ccccc34)c2)c1. The number of benzene rings is 16. The third-order valence-corrected chi connectivity index (χ3v) is 22.1. The van der Waals surface area contributed by atoms with Gasteiger partial charge < -0.3 is 4.57 Å². The lowest BCUT2D eigenvalue weighted by Crippen LogP contribution is -1.94. The Morgan fingerprint density at radius 1 is 0.191 bits per heavy atom. The molecule has 0 spiro atoms. The van der Waals surface area contributed by atoms with Crippen molar-refractivity contribution in [3.63, 3.8) is 0 Å². The number of aromatic nitrogens is 5. The lowest BCUT2D eigenvalue weighted by molar-refractivity contribution is 1.18. The molecule has 8 nitrogen and oxygen atoms in total. The van der Waals surface area contributed by atoms with Crippen molar-refractivity contribution in [2.24, 2.45) is 0 Å². The van der Waals surface area contributed by atoms with Crippen molar-refractivity contribution in [3.05, 3.63) is 405 Å². The predicted octanol–water partition coefficient (Wildman–Crippen LogP) is 27.3. The van der Waals surface area contributed by atoms with Gasteiger partial charge in [0.05, 0.1) is 90.8 Å². The molecule has 8 heteroatoms. The predicted molar refractivity (Wildman–Crippen MR) is 472 cm³/mol. The molecule has 21 rings (SSSR count). The van der Waals surface area contributed by atoms with Crippen LogP contribution in [0.5, 0.6) is 0 Å². The fraction of sp³-hybridized carbons (Fsp3) is 0. The third kappa shape index (κ3) is 12.7. The summed E-state index contributed by atoms with van der Waals surface area (Å²) in [5.74, 6) is 0. The summed E-state index contributed by atoms with van der Waals surface area (Å²) in [5.41, 5.74) is 29.2. The van der Waals surface area contributed by atoms with Crippen LogP contribution in [0.4, 0.5) is 0 Å². The summed E-state index contributed by atoms with van der Waals surface area (Å²) in [7, 11) is 0. The van der Waals surface area contributed by atoms with Crippen molar-refractivity contribution >= 4 is 87.0 Å². The molecule has 5 aromatic heterocycles. The van der Waals surface area contributed by atoms with Gasteiger partial charge in [0.1, 0.15) is 0 Å². The monoisotopic (exact) mass is 1460 g/mol. The largest absolute Gasteiger partial charge is 0.309 e. The zero-order valence-electron chi connectivity index (χ0n) is 62.0. The second-order valence-electron chi connectivity index (χ2n) is 28.9. The number of nitriles is 3. The first-order valence-corrected chi connectivity index (χ1v) is 38.3. The highest BCUT2D eigenvalue weighted by Crippen LogP contribution is 2.43. The minimum absolute atomic E-state index is 0.571. The molecule has 5 heterocycles. The second-order valence-corrected chi connectivity index (χ2v) is 28.9. The van der Waals surface area contributed by atoms with Gasteiger partial charge in [-0.2, -0.15) is 15.8 Å². The maximum atomic E-state index is 10.3. The first-order chi connectivity index (χ1) is 56.8. The Hall–Kier alpha value is -16.1. The molecule has 0 unspecified atom stereocenters. The highest BCUT2D eigenvalue weighted by atomic mass is 15.0. The summed E-state index contributed by atoms with van der Waals surface area (Å²) in [5, 5.41) is 40.9. The van der Waals surface area contributed by atoms with E-state index in [0.29, 0.717) is 16.7 Å². The zero-order valence-corrected chi connectivity index (χ0v) is 62.0. The molecule has 115 heavy (non-hydrogen) atoms. The maximum absolute atomic E-state index is 10.3. The van der Waals surface area contributed by atoms with Crippen molar-refractivity contribution in [1.29, 1.82) is 15.8 Å². The van der Waals surface area contributed by atoms with Crippen molar-refractivity contribution < 1.29 is 0 Å². The summed E-state index contributed by atoms with van der Waals surface area (Å²) >= 11 is 0. The summed E-state index contributed by atoms with van der Waals surface area (Å²) in [6.45, 7) is 0. The van der Waals surface area contributed by atoms with Crippen LogP contribution >= 0.6 is 0 Å². The number of hydrogen-bond acceptors (Lipinski definition) is 7. The van der Waals surface area contributed by atoms with Gasteiger partial charge in [0.25, 0.3) is 0 Å². The van der Waals surface area contributed by atoms with Crippen molar-refractivity contribution in [2.45, 2.75) is 0 Å². The number of hydrogen-bond donors (Lipinski definition) is 0. The summed E-state index contributed by atoms with van der Waals surface area (Å²) < 4.78 is 2.33. The minimum atomic E-state index is 0.571. The minimum Gasteiger partial charge on any atom is -0.309 e. The molecule has 0 atom stereocenters. The van der Waals surface area contributed by atoms with Gasteiger partial charge in [-0.1, -0.05) is 291 Å². The van der Waals surface area contributed by atoms with Gasteiger partial charge in [0.15, 0.2) is 0 Å². The van der Waals surface area contributed by atoms with E-state index in [1.165, 1.54) is 21.8 Å². The number of rotatable bonds is 11. The van der Waals surface area contributed by atoms with E-state index in [1.807, 2.05) is 78.9 Å². The quantitative estimate of drug-likeness (QED) is 0.118. The zero-order chi connectivity index (χ0) is 76.9. The second kappa shape index (κ2) is 29.1. The van der Waals surface area contributed by atoms with Crippen LogP contribution in [0.2, 0.25) is 0 Å². The molecule has 21 aromatic rings. The summed E-state index contributed by atoms with van der Waals surface area (Å²) in [6, 6.07) is 141. The molecule has 16 aromatic carbocycles. The highest BCUT2D eigenvalue weighted by Gasteiger charge is 2.19. The van der Waals surface area contributed by atoms with E-state index in [0.717, 1.165) is 183 Å². The van der Waals surface area contributed by atoms with Crippen LogP contribution in [-0.2, 0) is 0 Å². The number of nitrogens with zero attached hydrogens (tertiary/aromatic N) is 8. The first kappa shape index (κ1) is 68.2. The number of fused-ring (bicyclic) bond motifs is 11. The molecule has 0 amide bonds. The van der Waals surface area contributed by atoms with Gasteiger partial charge in [-0.25, -0.2) is 19.9 Å². The maximum Gasteiger partial charge on any atom is 0.0992 e. The van der Waals surface area contributed by atoms with E-state index in [1.54, 1.807) is 6.07 Å². The van der Waals surface area contributed by atoms with Crippen molar-refractivity contribution in [1.82, 2.24) is 24.5 Å². The van der Waals surface area contributed by atoms with Gasteiger partial charge in [0.2, 0.25) is 0 Å². The van der Waals surface area contributed by atoms with Crippen LogP contribution < -0.4 is 0 Å². The molecule has 0 aliphatic carbocycles. The molecule has 0 aliphatic rings. The molecule has 0 aliphatic heterocycles. The summed E-state index contributed by atoms with van der Waals surface area (Å²) in [6.07, 6.45) is 0. The van der Waals surface area contributed by atoms with Crippen molar-refractivity contribution in [3.8, 4) is 136 Å². The van der Waals surface area contributed by atoms with Crippen LogP contribution in [0.25, 0.3) is 204 Å². The average molecular weight is 1460 g/mol. The van der Waals surface area contributed by atoms with E-state index in [-0.39, 0.29) is 0 Å². The molecule has 0 bridgehead atoms. The van der Waals surface area contributed by atoms with E-state index >= 15 is 0 Å². The van der Waals surface area contributed by atoms with Crippen LogP contribution in [0.1, 0.15) is 16.7 Å². The Kier molecular flexibility index (Phi) is 17.3. The molecule has 0 saturated carbocycles. The fourth-order valence-corrected chi connectivity index (χ4v) is 16.4. The Balaban J connectivity index is 0.000000152. The van der Waals surface area contributed by atoms with Gasteiger partial charge >= 0.3 is 0 Å². The lowest BCUT2D eigenvalue weighted by atomic mass is 9.89. The Morgan fingerprint density at radius 2 is 0.478 bits per heavy atom. The fourth-order valence-electron chi connectivity index (χ4n) is 16.4. The lowest BCUT2D eigenvalue weighted by Gasteiger charge is -2.14. The Labute approximate surface area is 663 Å². The normalized spacial score (nSPS) is 11.3. The van der Waals surface area contributed by atoms with Gasteiger partial charge in [-0.05, 0) is 185 Å². The Bertz CT molecular complexity index is 7540. The van der Waals surface area contributed by atoms with E-state index in [9.17, 15) is 15.8 Å². The summed E-state index contributed by atoms with van der Waals surface area (Å²) in [4.78, 5) is 20.5. The molecular weight excluding hydrogens is 1400 g/mol. The number of pyridine rings is 4. The topological polar surface area (TPSA) is 128 Å². The first-order valence-electron chi connectivity index (χ1n) is 38.3. The Morgan fingerprint density at radius 3 is 0.861 bits per heavy atom. The third-order valence-electron chi connectivity index (χ3n) is 22.1. The van der Waals surface area contributed by atoms with Gasteiger partial charge in [-0.15, -0.1) is 0 Å².